The quantitative estimate of drug-likeness (QED) is 0.896. The fourth-order valence-corrected chi connectivity index (χ4v) is 1.50. The molecule has 2 aromatic rings. The molecule has 1 aromatic carbocycles. The van der Waals surface area contributed by atoms with E-state index in [2.05, 4.69) is 20.5 Å². The number of hydrogen-bond donors (Lipinski definition) is 2. The summed E-state index contributed by atoms with van der Waals surface area (Å²) >= 11 is 0. The van der Waals surface area contributed by atoms with Crippen molar-refractivity contribution in [2.24, 2.45) is 0 Å². The third-order valence-corrected chi connectivity index (χ3v) is 2.60. The molecule has 0 atom stereocenters. The summed E-state index contributed by atoms with van der Waals surface area (Å²) in [4.78, 5) is 15.9. The van der Waals surface area contributed by atoms with E-state index in [-0.39, 0.29) is 23.0 Å². The van der Waals surface area contributed by atoms with E-state index in [1.807, 2.05) is 19.9 Å². The molecule has 0 aliphatic rings. The first-order valence-corrected chi connectivity index (χ1v) is 5.94. The molecule has 102 valence electrons. The van der Waals surface area contributed by atoms with E-state index in [9.17, 15) is 9.18 Å². The van der Waals surface area contributed by atoms with Crippen molar-refractivity contribution in [3.8, 4) is 6.07 Å². The largest absolute Gasteiger partial charge is 0.317 e. The van der Waals surface area contributed by atoms with Gasteiger partial charge in [-0.2, -0.15) is 5.26 Å². The standard InChI is InChI=1S/C13H12FN5O/c1-7(2)11-17-12(19-18-11)13(20)16-10-4-3-8(6-15)5-9(10)14/h3-5,7H,1-2H3,(H,16,20)(H,17,18,19). The number of hydrogen-bond acceptors (Lipinski definition) is 4. The van der Waals surface area contributed by atoms with E-state index in [1.54, 1.807) is 0 Å². The van der Waals surface area contributed by atoms with Crippen LogP contribution in [0.5, 0.6) is 0 Å². The summed E-state index contributed by atoms with van der Waals surface area (Å²) in [7, 11) is 0. The Morgan fingerprint density at radius 3 is 2.80 bits per heavy atom. The van der Waals surface area contributed by atoms with E-state index >= 15 is 0 Å². The highest BCUT2D eigenvalue weighted by atomic mass is 19.1. The van der Waals surface area contributed by atoms with E-state index < -0.39 is 11.7 Å². The zero-order chi connectivity index (χ0) is 14.7. The van der Waals surface area contributed by atoms with E-state index in [0.717, 1.165) is 6.07 Å². The Kier molecular flexibility index (Phi) is 3.75. The average Bonchev–Trinajstić information content (AvgIpc) is 2.91. The van der Waals surface area contributed by atoms with Crippen molar-refractivity contribution >= 4 is 11.6 Å². The molecule has 0 aliphatic heterocycles. The average molecular weight is 273 g/mol. The fourth-order valence-electron chi connectivity index (χ4n) is 1.50. The Balaban J connectivity index is 2.17. The van der Waals surface area contributed by atoms with Crippen LogP contribution in [0.1, 0.15) is 41.8 Å². The first-order chi connectivity index (χ1) is 9.51. The van der Waals surface area contributed by atoms with Crippen LogP contribution >= 0.6 is 0 Å². The van der Waals surface area contributed by atoms with Gasteiger partial charge in [0, 0.05) is 5.92 Å². The molecule has 7 heteroatoms. The number of nitriles is 1. The maximum absolute atomic E-state index is 13.6. The van der Waals surface area contributed by atoms with Crippen molar-refractivity contribution in [3.63, 3.8) is 0 Å². The second kappa shape index (κ2) is 5.48. The van der Waals surface area contributed by atoms with Gasteiger partial charge in [-0.05, 0) is 18.2 Å². The van der Waals surface area contributed by atoms with Gasteiger partial charge in [0.25, 0.3) is 5.91 Å². The number of aromatic amines is 1. The van der Waals surface area contributed by atoms with Gasteiger partial charge in [-0.3, -0.25) is 9.89 Å². The van der Waals surface area contributed by atoms with Crippen LogP contribution in [-0.2, 0) is 0 Å². The second-order valence-electron chi connectivity index (χ2n) is 4.46. The molecule has 0 saturated heterocycles. The summed E-state index contributed by atoms with van der Waals surface area (Å²) in [6.07, 6.45) is 0. The minimum absolute atomic E-state index is 0.0232. The highest BCUT2D eigenvalue weighted by Gasteiger charge is 2.15. The lowest BCUT2D eigenvalue weighted by Crippen LogP contribution is -2.15. The molecule has 0 saturated carbocycles. The molecular weight excluding hydrogens is 261 g/mol. The lowest BCUT2D eigenvalue weighted by Gasteiger charge is -2.04. The molecule has 2 rings (SSSR count). The van der Waals surface area contributed by atoms with Gasteiger partial charge in [0.05, 0.1) is 17.3 Å². The predicted octanol–water partition coefficient (Wildman–Crippen LogP) is 2.19. The number of H-pyrrole nitrogens is 1. The minimum atomic E-state index is -0.683. The van der Waals surface area contributed by atoms with Gasteiger partial charge in [0.1, 0.15) is 11.6 Å². The Labute approximate surface area is 114 Å². The monoisotopic (exact) mass is 273 g/mol. The van der Waals surface area contributed by atoms with Crippen LogP contribution in [0.2, 0.25) is 0 Å². The number of carbonyl (C=O) groups excluding carboxylic acids is 1. The van der Waals surface area contributed by atoms with Gasteiger partial charge in [-0.1, -0.05) is 13.8 Å². The van der Waals surface area contributed by atoms with Crippen molar-refractivity contribution in [3.05, 3.63) is 41.2 Å². The lowest BCUT2D eigenvalue weighted by molar-refractivity contribution is 0.101. The molecule has 0 spiro atoms. The molecule has 0 bridgehead atoms. The SMILES string of the molecule is CC(C)c1nc(C(=O)Nc2ccc(C#N)cc2F)n[nH]1. The molecule has 1 amide bonds. The molecule has 0 unspecified atom stereocenters. The predicted molar refractivity (Wildman–Crippen MR) is 69.5 cm³/mol. The molecule has 1 aromatic heterocycles. The Hall–Kier alpha value is -2.75. The van der Waals surface area contributed by atoms with Crippen LogP contribution in [0.25, 0.3) is 0 Å². The van der Waals surface area contributed by atoms with E-state index in [0.29, 0.717) is 5.82 Å². The van der Waals surface area contributed by atoms with Gasteiger partial charge < -0.3 is 5.32 Å². The molecule has 0 aliphatic carbocycles. The van der Waals surface area contributed by atoms with E-state index in [1.165, 1.54) is 12.1 Å². The number of rotatable bonds is 3. The lowest BCUT2D eigenvalue weighted by atomic mass is 10.2. The highest BCUT2D eigenvalue weighted by molar-refractivity contribution is 6.01. The smallest absolute Gasteiger partial charge is 0.295 e. The molecule has 1 heterocycles. The Morgan fingerprint density at radius 2 is 2.25 bits per heavy atom. The third-order valence-electron chi connectivity index (χ3n) is 2.60. The second-order valence-corrected chi connectivity index (χ2v) is 4.46. The summed E-state index contributed by atoms with van der Waals surface area (Å²) in [5.74, 6) is -0.669. The third kappa shape index (κ3) is 2.80. The zero-order valence-corrected chi connectivity index (χ0v) is 10.9. The number of aromatic nitrogens is 3. The van der Waals surface area contributed by atoms with Crippen LogP contribution in [-0.4, -0.2) is 21.1 Å². The molecule has 2 N–H and O–H groups in total. The van der Waals surface area contributed by atoms with Gasteiger partial charge in [0.2, 0.25) is 5.82 Å². The number of amides is 1. The van der Waals surface area contributed by atoms with Crippen LogP contribution in [0.15, 0.2) is 18.2 Å². The molecule has 0 fully saturated rings. The van der Waals surface area contributed by atoms with Crippen LogP contribution in [0.4, 0.5) is 10.1 Å². The van der Waals surface area contributed by atoms with Crippen LogP contribution in [0, 0.1) is 17.1 Å². The van der Waals surface area contributed by atoms with Crippen molar-refractivity contribution in [1.82, 2.24) is 15.2 Å². The zero-order valence-electron chi connectivity index (χ0n) is 10.9. The normalized spacial score (nSPS) is 10.3. The van der Waals surface area contributed by atoms with Gasteiger partial charge >= 0.3 is 0 Å². The van der Waals surface area contributed by atoms with Gasteiger partial charge in [-0.15, -0.1) is 5.10 Å². The van der Waals surface area contributed by atoms with Crippen molar-refractivity contribution < 1.29 is 9.18 Å². The number of halogens is 1. The number of nitrogens with one attached hydrogen (secondary N) is 2. The Morgan fingerprint density at radius 1 is 1.50 bits per heavy atom. The molecule has 0 radical (unpaired) electrons. The van der Waals surface area contributed by atoms with Crippen molar-refractivity contribution in [2.45, 2.75) is 19.8 Å². The summed E-state index contributed by atoms with van der Waals surface area (Å²) < 4.78 is 13.6. The highest BCUT2D eigenvalue weighted by Crippen LogP contribution is 2.16. The number of anilines is 1. The Bertz CT molecular complexity index is 686. The summed E-state index contributed by atoms with van der Waals surface area (Å²) in [5, 5.41) is 17.4. The molecule has 6 nitrogen and oxygen atoms in total. The van der Waals surface area contributed by atoms with Crippen LogP contribution < -0.4 is 5.32 Å². The topological polar surface area (TPSA) is 94.5 Å². The first-order valence-electron chi connectivity index (χ1n) is 5.94. The van der Waals surface area contributed by atoms with Crippen LogP contribution in [0.3, 0.4) is 0 Å². The summed E-state index contributed by atoms with van der Waals surface area (Å²) in [6, 6.07) is 5.60. The summed E-state index contributed by atoms with van der Waals surface area (Å²) in [6.45, 7) is 3.81. The van der Waals surface area contributed by atoms with E-state index in [4.69, 9.17) is 5.26 Å². The first kappa shape index (κ1) is 13.7. The van der Waals surface area contributed by atoms with Crippen molar-refractivity contribution in [1.29, 1.82) is 5.26 Å². The maximum Gasteiger partial charge on any atom is 0.295 e. The van der Waals surface area contributed by atoms with Gasteiger partial charge in [-0.25, -0.2) is 9.37 Å². The van der Waals surface area contributed by atoms with Crippen molar-refractivity contribution in [2.75, 3.05) is 5.32 Å². The number of benzene rings is 1. The van der Waals surface area contributed by atoms with Gasteiger partial charge in [0.15, 0.2) is 0 Å². The number of carbonyl (C=O) groups is 1. The summed E-state index contributed by atoms with van der Waals surface area (Å²) in [5.41, 5.74) is 0.158. The minimum Gasteiger partial charge on any atom is -0.317 e. The fraction of sp³-hybridized carbons (Fsp3) is 0.231. The maximum atomic E-state index is 13.6. The number of nitrogens with zero attached hydrogens (tertiary/aromatic N) is 3. The molecule has 20 heavy (non-hydrogen) atoms. The molecular formula is C13H12FN5O.